The highest BCUT2D eigenvalue weighted by Crippen LogP contribution is 2.31. The Morgan fingerprint density at radius 2 is 1.96 bits per heavy atom. The lowest BCUT2D eigenvalue weighted by atomic mass is 10.1. The van der Waals surface area contributed by atoms with Gasteiger partial charge in [-0.3, -0.25) is 9.98 Å². The Bertz CT molecular complexity index is 949. The van der Waals surface area contributed by atoms with Crippen molar-refractivity contribution in [3.05, 3.63) is 53.9 Å². The number of aromatic nitrogens is 1. The van der Waals surface area contributed by atoms with Crippen LogP contribution in [0.3, 0.4) is 0 Å². The summed E-state index contributed by atoms with van der Waals surface area (Å²) in [5.41, 5.74) is 2.20. The van der Waals surface area contributed by atoms with Crippen LogP contribution >= 0.6 is 0 Å². The van der Waals surface area contributed by atoms with Crippen molar-refractivity contribution < 1.29 is 17.9 Å². The molecule has 0 atom stereocenters. The molecule has 0 saturated carbocycles. The van der Waals surface area contributed by atoms with Gasteiger partial charge in [-0.2, -0.15) is 0 Å². The van der Waals surface area contributed by atoms with Crippen molar-refractivity contribution >= 4 is 21.7 Å². The van der Waals surface area contributed by atoms with Gasteiger partial charge in [0.15, 0.2) is 9.84 Å². The number of allylic oxidation sites excluding steroid dienone is 1. The van der Waals surface area contributed by atoms with E-state index in [0.29, 0.717) is 11.3 Å². The van der Waals surface area contributed by atoms with Crippen LogP contribution in [0.25, 0.3) is 5.70 Å². The SMILES string of the molecule is COc1ccc(OC)c(S(=O)(=O)Cc2cncc(C3=CCC=N3)c2)c1. The van der Waals surface area contributed by atoms with Gasteiger partial charge in [-0.25, -0.2) is 8.42 Å². The molecule has 0 fully saturated rings. The average molecular weight is 358 g/mol. The molecule has 0 unspecified atom stereocenters. The summed E-state index contributed by atoms with van der Waals surface area (Å²) in [6, 6.07) is 6.50. The summed E-state index contributed by atoms with van der Waals surface area (Å²) in [5.74, 6) is 0.554. The Labute approximate surface area is 146 Å². The van der Waals surface area contributed by atoms with Crippen molar-refractivity contribution in [2.45, 2.75) is 17.1 Å². The van der Waals surface area contributed by atoms with Crippen molar-refractivity contribution in [2.24, 2.45) is 4.99 Å². The van der Waals surface area contributed by atoms with Crippen molar-refractivity contribution in [1.82, 2.24) is 4.98 Å². The van der Waals surface area contributed by atoms with E-state index in [2.05, 4.69) is 9.98 Å². The fourth-order valence-corrected chi connectivity index (χ4v) is 4.10. The lowest BCUT2D eigenvalue weighted by molar-refractivity contribution is 0.392. The molecule has 6 nitrogen and oxygen atoms in total. The molecule has 1 aromatic heterocycles. The van der Waals surface area contributed by atoms with Gasteiger partial charge in [-0.05, 0) is 23.8 Å². The van der Waals surface area contributed by atoms with E-state index in [9.17, 15) is 8.42 Å². The second-order valence-corrected chi connectivity index (χ2v) is 7.45. The van der Waals surface area contributed by atoms with Gasteiger partial charge in [0.1, 0.15) is 16.4 Å². The normalized spacial score (nSPS) is 13.6. The molecule has 2 heterocycles. The molecular weight excluding hydrogens is 340 g/mol. The van der Waals surface area contributed by atoms with Crippen LogP contribution in [0.5, 0.6) is 11.5 Å². The predicted molar refractivity (Wildman–Crippen MR) is 95.8 cm³/mol. The number of aliphatic imine (C=N–C) groups is 1. The first-order valence-electron chi connectivity index (χ1n) is 7.65. The monoisotopic (exact) mass is 358 g/mol. The standard InChI is InChI=1S/C18H18N2O4S/c1-23-15-5-6-17(24-2)18(9-15)25(21,22)12-13-8-14(11-19-10-13)16-4-3-7-20-16/h4-11H,3,12H2,1-2H3. The van der Waals surface area contributed by atoms with Gasteiger partial charge in [0, 0.05) is 36.7 Å². The fourth-order valence-electron chi connectivity index (χ4n) is 2.59. The van der Waals surface area contributed by atoms with Crippen LogP contribution < -0.4 is 9.47 Å². The van der Waals surface area contributed by atoms with E-state index < -0.39 is 9.84 Å². The molecule has 0 radical (unpaired) electrons. The van der Waals surface area contributed by atoms with Crippen molar-refractivity contribution in [3.8, 4) is 11.5 Å². The Balaban J connectivity index is 1.94. The van der Waals surface area contributed by atoms with E-state index in [1.807, 2.05) is 6.08 Å². The summed E-state index contributed by atoms with van der Waals surface area (Å²) in [6.45, 7) is 0. The maximum absolute atomic E-state index is 12.9. The number of hydrogen-bond acceptors (Lipinski definition) is 6. The Morgan fingerprint density at radius 1 is 1.12 bits per heavy atom. The Hall–Kier alpha value is -2.67. The summed E-state index contributed by atoms with van der Waals surface area (Å²) in [4.78, 5) is 8.51. The van der Waals surface area contributed by atoms with Gasteiger partial charge in [0.25, 0.3) is 0 Å². The van der Waals surface area contributed by atoms with Gasteiger partial charge in [0.2, 0.25) is 0 Å². The van der Waals surface area contributed by atoms with Crippen LogP contribution in [-0.4, -0.2) is 33.8 Å². The second-order valence-electron chi connectivity index (χ2n) is 5.49. The van der Waals surface area contributed by atoms with Gasteiger partial charge in [-0.1, -0.05) is 6.08 Å². The summed E-state index contributed by atoms with van der Waals surface area (Å²) in [7, 11) is -0.706. The van der Waals surface area contributed by atoms with Gasteiger partial charge in [0.05, 0.1) is 25.7 Å². The maximum atomic E-state index is 12.9. The number of rotatable bonds is 6. The van der Waals surface area contributed by atoms with E-state index in [-0.39, 0.29) is 16.4 Å². The van der Waals surface area contributed by atoms with Crippen molar-refractivity contribution in [1.29, 1.82) is 0 Å². The molecule has 25 heavy (non-hydrogen) atoms. The van der Waals surface area contributed by atoms with Crippen molar-refractivity contribution in [2.75, 3.05) is 14.2 Å². The number of benzene rings is 1. The van der Waals surface area contributed by atoms with E-state index >= 15 is 0 Å². The van der Waals surface area contributed by atoms with E-state index in [4.69, 9.17) is 9.47 Å². The quantitative estimate of drug-likeness (QED) is 0.793. The molecule has 7 heteroatoms. The number of methoxy groups -OCH3 is 2. The first-order chi connectivity index (χ1) is 12.0. The number of hydrogen-bond donors (Lipinski definition) is 0. The third kappa shape index (κ3) is 3.71. The van der Waals surface area contributed by atoms with E-state index in [1.165, 1.54) is 20.3 Å². The van der Waals surface area contributed by atoms with Crippen LogP contribution in [0.15, 0.2) is 52.6 Å². The minimum atomic E-state index is -3.63. The zero-order chi connectivity index (χ0) is 17.9. The number of sulfone groups is 1. The third-order valence-electron chi connectivity index (χ3n) is 3.80. The summed E-state index contributed by atoms with van der Waals surface area (Å²) < 4.78 is 36.1. The van der Waals surface area contributed by atoms with Crippen LogP contribution in [0.2, 0.25) is 0 Å². The first-order valence-corrected chi connectivity index (χ1v) is 9.30. The summed E-state index contributed by atoms with van der Waals surface area (Å²) >= 11 is 0. The first kappa shape index (κ1) is 17.2. The molecule has 3 rings (SSSR count). The molecule has 0 aliphatic carbocycles. The molecule has 0 amide bonds. The third-order valence-corrected chi connectivity index (χ3v) is 5.50. The number of nitrogens with zero attached hydrogens (tertiary/aromatic N) is 2. The van der Waals surface area contributed by atoms with E-state index in [0.717, 1.165) is 17.7 Å². The molecule has 0 saturated heterocycles. The van der Waals surface area contributed by atoms with Crippen LogP contribution in [0.1, 0.15) is 17.5 Å². The fraction of sp³-hybridized carbons (Fsp3) is 0.222. The summed E-state index contributed by atoms with van der Waals surface area (Å²) in [5, 5.41) is 0. The number of pyridine rings is 1. The Morgan fingerprint density at radius 3 is 2.64 bits per heavy atom. The molecule has 130 valence electrons. The Kier molecular flexibility index (Phi) is 4.85. The number of ether oxygens (including phenoxy) is 2. The maximum Gasteiger partial charge on any atom is 0.186 e. The second kappa shape index (κ2) is 7.06. The molecule has 1 aliphatic heterocycles. The topological polar surface area (TPSA) is 77.9 Å². The summed E-state index contributed by atoms with van der Waals surface area (Å²) in [6.07, 6.45) is 7.78. The van der Waals surface area contributed by atoms with Crippen LogP contribution in [0.4, 0.5) is 0 Å². The molecule has 2 aromatic rings. The molecular formula is C18H18N2O4S. The average Bonchev–Trinajstić information content (AvgIpc) is 3.15. The van der Waals surface area contributed by atoms with Crippen LogP contribution in [-0.2, 0) is 15.6 Å². The van der Waals surface area contributed by atoms with Crippen molar-refractivity contribution in [3.63, 3.8) is 0 Å². The zero-order valence-corrected chi connectivity index (χ0v) is 14.8. The minimum Gasteiger partial charge on any atom is -0.497 e. The van der Waals surface area contributed by atoms with Crippen LogP contribution in [0, 0.1) is 0 Å². The minimum absolute atomic E-state index is 0.0952. The molecule has 1 aliphatic rings. The molecule has 0 spiro atoms. The highest BCUT2D eigenvalue weighted by atomic mass is 32.2. The lowest BCUT2D eigenvalue weighted by Crippen LogP contribution is -2.08. The highest BCUT2D eigenvalue weighted by Gasteiger charge is 2.22. The smallest absolute Gasteiger partial charge is 0.186 e. The predicted octanol–water partition coefficient (Wildman–Crippen LogP) is 2.89. The van der Waals surface area contributed by atoms with Gasteiger partial charge in [-0.15, -0.1) is 0 Å². The van der Waals surface area contributed by atoms with E-state index in [1.54, 1.807) is 36.8 Å². The largest absolute Gasteiger partial charge is 0.497 e. The lowest BCUT2D eigenvalue weighted by Gasteiger charge is -2.11. The molecule has 1 aromatic carbocycles. The highest BCUT2D eigenvalue weighted by molar-refractivity contribution is 7.90. The molecule has 0 bridgehead atoms. The zero-order valence-electron chi connectivity index (χ0n) is 14.0. The van der Waals surface area contributed by atoms with Gasteiger partial charge >= 0.3 is 0 Å². The van der Waals surface area contributed by atoms with Gasteiger partial charge < -0.3 is 9.47 Å². The molecule has 0 N–H and O–H groups in total.